The van der Waals surface area contributed by atoms with Gasteiger partial charge in [0.15, 0.2) is 0 Å². The third-order valence-corrected chi connectivity index (χ3v) is 5.10. The second-order valence-corrected chi connectivity index (χ2v) is 7.16. The van der Waals surface area contributed by atoms with Gasteiger partial charge < -0.3 is 20.1 Å². The molecular formula is C22H29ClN2O3. The van der Waals surface area contributed by atoms with E-state index >= 15 is 0 Å². The van der Waals surface area contributed by atoms with Crippen molar-refractivity contribution in [2.24, 2.45) is 5.41 Å². The molecule has 6 heteroatoms. The number of methoxy groups -OCH3 is 1. The van der Waals surface area contributed by atoms with Crippen LogP contribution in [-0.2, 0) is 11.3 Å². The standard InChI is InChI=1S/C22H28N2O3.ClH/c1-26-17-22(11-13-23-14-12-22)16-24-21(25)19-9-7-18(8-10-19)15-27-20-5-3-2-4-6-20;/h2-10,23H,11-17H2,1H3,(H,24,25);1H. The Balaban J connectivity index is 0.00000280. The second kappa shape index (κ2) is 11.1. The van der Waals surface area contributed by atoms with Crippen LogP contribution in [0.1, 0.15) is 28.8 Å². The molecule has 2 aromatic rings. The van der Waals surface area contributed by atoms with Crippen molar-refractivity contribution in [3.8, 4) is 5.75 Å². The first-order valence-electron chi connectivity index (χ1n) is 9.45. The van der Waals surface area contributed by atoms with E-state index in [0.717, 1.165) is 37.2 Å². The molecule has 0 radical (unpaired) electrons. The minimum Gasteiger partial charge on any atom is -0.489 e. The van der Waals surface area contributed by atoms with Crippen LogP contribution in [0.5, 0.6) is 5.75 Å². The molecule has 1 aliphatic heterocycles. The van der Waals surface area contributed by atoms with E-state index in [4.69, 9.17) is 9.47 Å². The predicted molar refractivity (Wildman–Crippen MR) is 113 cm³/mol. The molecule has 152 valence electrons. The number of halogens is 1. The molecule has 0 spiro atoms. The Kier molecular flexibility index (Phi) is 8.77. The number of amides is 1. The fraction of sp³-hybridized carbons (Fsp3) is 0.409. The SMILES string of the molecule is COCC1(CNC(=O)c2ccc(COc3ccccc3)cc2)CCNCC1.Cl. The molecule has 0 atom stereocenters. The Morgan fingerprint density at radius 1 is 1.07 bits per heavy atom. The summed E-state index contributed by atoms with van der Waals surface area (Å²) in [6.07, 6.45) is 2.02. The van der Waals surface area contributed by atoms with Gasteiger partial charge in [-0.25, -0.2) is 0 Å². The van der Waals surface area contributed by atoms with E-state index in [2.05, 4.69) is 10.6 Å². The van der Waals surface area contributed by atoms with Gasteiger partial charge in [-0.1, -0.05) is 30.3 Å². The van der Waals surface area contributed by atoms with Crippen LogP contribution >= 0.6 is 12.4 Å². The van der Waals surface area contributed by atoms with Crippen molar-refractivity contribution in [3.63, 3.8) is 0 Å². The number of hydrogen-bond donors (Lipinski definition) is 2. The summed E-state index contributed by atoms with van der Waals surface area (Å²) in [6.45, 7) is 3.73. The van der Waals surface area contributed by atoms with E-state index in [0.29, 0.717) is 25.3 Å². The van der Waals surface area contributed by atoms with E-state index in [1.54, 1.807) is 7.11 Å². The summed E-state index contributed by atoms with van der Waals surface area (Å²) in [5.41, 5.74) is 1.73. The Hall–Kier alpha value is -2.08. The average molecular weight is 405 g/mol. The number of carbonyl (C=O) groups is 1. The van der Waals surface area contributed by atoms with Gasteiger partial charge in [-0.05, 0) is 55.8 Å². The van der Waals surface area contributed by atoms with Gasteiger partial charge in [-0.2, -0.15) is 0 Å². The molecular weight excluding hydrogens is 376 g/mol. The molecule has 1 saturated heterocycles. The van der Waals surface area contributed by atoms with Crippen LogP contribution in [0.3, 0.4) is 0 Å². The Morgan fingerprint density at radius 2 is 1.75 bits per heavy atom. The van der Waals surface area contributed by atoms with Crippen molar-refractivity contribution < 1.29 is 14.3 Å². The summed E-state index contributed by atoms with van der Waals surface area (Å²) in [4.78, 5) is 12.5. The van der Waals surface area contributed by atoms with Gasteiger partial charge in [0.25, 0.3) is 5.91 Å². The fourth-order valence-electron chi connectivity index (χ4n) is 3.44. The molecule has 2 aromatic carbocycles. The number of benzene rings is 2. The first-order chi connectivity index (χ1) is 13.2. The quantitative estimate of drug-likeness (QED) is 0.707. The van der Waals surface area contributed by atoms with Crippen LogP contribution in [0.4, 0.5) is 0 Å². The molecule has 0 aromatic heterocycles. The topological polar surface area (TPSA) is 59.6 Å². The smallest absolute Gasteiger partial charge is 0.251 e. The van der Waals surface area contributed by atoms with Crippen molar-refractivity contribution in [1.82, 2.24) is 10.6 Å². The second-order valence-electron chi connectivity index (χ2n) is 7.16. The maximum absolute atomic E-state index is 12.5. The number of piperidine rings is 1. The highest BCUT2D eigenvalue weighted by Crippen LogP contribution is 2.28. The zero-order valence-corrected chi connectivity index (χ0v) is 17.1. The summed E-state index contributed by atoms with van der Waals surface area (Å²) >= 11 is 0. The number of nitrogens with one attached hydrogen (secondary N) is 2. The van der Waals surface area contributed by atoms with Gasteiger partial charge in [0.1, 0.15) is 12.4 Å². The van der Waals surface area contributed by atoms with Gasteiger partial charge in [-0.3, -0.25) is 4.79 Å². The highest BCUT2D eigenvalue weighted by atomic mass is 35.5. The monoisotopic (exact) mass is 404 g/mol. The number of ether oxygens (including phenoxy) is 2. The Bertz CT molecular complexity index is 711. The lowest BCUT2D eigenvalue weighted by atomic mass is 9.79. The van der Waals surface area contributed by atoms with Gasteiger partial charge in [0.2, 0.25) is 0 Å². The van der Waals surface area contributed by atoms with Gasteiger partial charge in [0, 0.05) is 24.6 Å². The predicted octanol–water partition coefficient (Wildman–Crippen LogP) is 3.43. The van der Waals surface area contributed by atoms with Crippen molar-refractivity contribution in [3.05, 3.63) is 65.7 Å². The van der Waals surface area contributed by atoms with Crippen molar-refractivity contribution in [2.45, 2.75) is 19.4 Å². The highest BCUT2D eigenvalue weighted by molar-refractivity contribution is 5.94. The number of hydrogen-bond acceptors (Lipinski definition) is 4. The zero-order valence-electron chi connectivity index (χ0n) is 16.3. The Labute approximate surface area is 173 Å². The Morgan fingerprint density at radius 3 is 2.39 bits per heavy atom. The molecule has 1 fully saturated rings. The number of rotatable bonds is 8. The van der Waals surface area contributed by atoms with Crippen LogP contribution < -0.4 is 15.4 Å². The lowest BCUT2D eigenvalue weighted by molar-refractivity contribution is 0.0512. The highest BCUT2D eigenvalue weighted by Gasteiger charge is 2.32. The molecule has 0 bridgehead atoms. The first-order valence-corrected chi connectivity index (χ1v) is 9.45. The largest absolute Gasteiger partial charge is 0.489 e. The van der Waals surface area contributed by atoms with E-state index in [1.807, 2.05) is 54.6 Å². The molecule has 0 aliphatic carbocycles. The van der Waals surface area contributed by atoms with Crippen LogP contribution in [0.15, 0.2) is 54.6 Å². The van der Waals surface area contributed by atoms with Crippen LogP contribution in [-0.4, -0.2) is 39.3 Å². The molecule has 0 saturated carbocycles. The molecule has 1 aliphatic rings. The number of para-hydroxylation sites is 1. The maximum atomic E-state index is 12.5. The van der Waals surface area contributed by atoms with E-state index in [-0.39, 0.29) is 23.7 Å². The van der Waals surface area contributed by atoms with Crippen molar-refractivity contribution >= 4 is 18.3 Å². The minimum absolute atomic E-state index is 0. The molecule has 2 N–H and O–H groups in total. The lowest BCUT2D eigenvalue weighted by Gasteiger charge is -2.37. The first kappa shape index (κ1) is 22.2. The molecule has 1 amide bonds. The molecule has 5 nitrogen and oxygen atoms in total. The zero-order chi connectivity index (χ0) is 19.0. The normalized spacial score (nSPS) is 15.3. The maximum Gasteiger partial charge on any atom is 0.251 e. The summed E-state index contributed by atoms with van der Waals surface area (Å²) in [5.74, 6) is 0.796. The van der Waals surface area contributed by atoms with Gasteiger partial charge in [0.05, 0.1) is 6.61 Å². The molecule has 1 heterocycles. The third-order valence-electron chi connectivity index (χ3n) is 5.10. The third kappa shape index (κ3) is 6.23. The molecule has 28 heavy (non-hydrogen) atoms. The van der Waals surface area contributed by atoms with E-state index in [9.17, 15) is 4.79 Å². The van der Waals surface area contributed by atoms with E-state index < -0.39 is 0 Å². The van der Waals surface area contributed by atoms with Crippen molar-refractivity contribution in [1.29, 1.82) is 0 Å². The van der Waals surface area contributed by atoms with E-state index in [1.165, 1.54) is 0 Å². The van der Waals surface area contributed by atoms with Gasteiger partial charge >= 0.3 is 0 Å². The summed E-state index contributed by atoms with van der Waals surface area (Å²) < 4.78 is 11.1. The summed E-state index contributed by atoms with van der Waals surface area (Å²) in [7, 11) is 1.72. The van der Waals surface area contributed by atoms with Crippen LogP contribution in [0, 0.1) is 5.41 Å². The molecule has 0 unspecified atom stereocenters. The fourth-order valence-corrected chi connectivity index (χ4v) is 3.44. The average Bonchev–Trinajstić information content (AvgIpc) is 2.73. The molecule has 3 rings (SSSR count). The van der Waals surface area contributed by atoms with Gasteiger partial charge in [-0.15, -0.1) is 12.4 Å². The summed E-state index contributed by atoms with van der Waals surface area (Å²) in [5, 5.41) is 6.46. The number of carbonyl (C=O) groups excluding carboxylic acids is 1. The van der Waals surface area contributed by atoms with Crippen molar-refractivity contribution in [2.75, 3.05) is 33.4 Å². The van der Waals surface area contributed by atoms with Crippen LogP contribution in [0.25, 0.3) is 0 Å². The lowest BCUT2D eigenvalue weighted by Crippen LogP contribution is -2.47. The van der Waals surface area contributed by atoms with Crippen LogP contribution in [0.2, 0.25) is 0 Å². The summed E-state index contributed by atoms with van der Waals surface area (Å²) in [6, 6.07) is 17.3. The minimum atomic E-state index is -0.0421.